The standard InChI is InChI=1S/C21H23NO3/c1-24-18-5-3-2-4-16(18)9-17-19(23)25-20(22-17)21-10-13-6-14(11-21)8-15(7-13)12-21/h2-5,9,13-15H,6-8,10-12H2,1H3/b17-9+. The van der Waals surface area contributed by atoms with E-state index < -0.39 is 0 Å². The van der Waals surface area contributed by atoms with Crippen molar-refractivity contribution in [3.05, 3.63) is 35.5 Å². The molecule has 1 heterocycles. The minimum Gasteiger partial charge on any atom is -0.496 e. The van der Waals surface area contributed by atoms with Gasteiger partial charge in [-0.1, -0.05) is 18.2 Å². The molecule has 130 valence electrons. The summed E-state index contributed by atoms with van der Waals surface area (Å²) in [6.45, 7) is 0. The Balaban J connectivity index is 1.49. The van der Waals surface area contributed by atoms with Gasteiger partial charge in [0.2, 0.25) is 5.90 Å². The molecular weight excluding hydrogens is 314 g/mol. The molecule has 1 aromatic carbocycles. The van der Waals surface area contributed by atoms with Crippen LogP contribution in [-0.2, 0) is 9.53 Å². The van der Waals surface area contributed by atoms with E-state index in [1.54, 1.807) is 13.2 Å². The lowest BCUT2D eigenvalue weighted by atomic mass is 9.49. The summed E-state index contributed by atoms with van der Waals surface area (Å²) in [6, 6.07) is 7.66. The molecule has 0 N–H and O–H groups in total. The minimum absolute atomic E-state index is 0.0147. The third kappa shape index (κ3) is 2.42. The average molecular weight is 337 g/mol. The number of carbonyl (C=O) groups excluding carboxylic acids is 1. The van der Waals surface area contributed by atoms with Crippen molar-refractivity contribution >= 4 is 17.9 Å². The van der Waals surface area contributed by atoms with Gasteiger partial charge in [-0.15, -0.1) is 0 Å². The molecule has 1 aromatic rings. The largest absolute Gasteiger partial charge is 0.496 e. The van der Waals surface area contributed by atoms with Gasteiger partial charge in [0, 0.05) is 11.0 Å². The number of ether oxygens (including phenoxy) is 2. The van der Waals surface area contributed by atoms with Crippen molar-refractivity contribution in [3.8, 4) is 5.75 Å². The summed E-state index contributed by atoms with van der Waals surface area (Å²) in [5.74, 6) is 3.51. The van der Waals surface area contributed by atoms with Gasteiger partial charge in [-0.2, -0.15) is 0 Å². The molecule has 4 aliphatic carbocycles. The molecule has 4 nitrogen and oxygen atoms in total. The lowest BCUT2D eigenvalue weighted by molar-refractivity contribution is -0.131. The fraction of sp³-hybridized carbons (Fsp3) is 0.524. The lowest BCUT2D eigenvalue weighted by Gasteiger charge is -2.55. The van der Waals surface area contributed by atoms with Crippen LogP contribution >= 0.6 is 0 Å². The highest BCUT2D eigenvalue weighted by molar-refractivity contribution is 6.09. The molecule has 25 heavy (non-hydrogen) atoms. The molecule has 4 bridgehead atoms. The molecule has 0 spiro atoms. The first-order valence-corrected chi connectivity index (χ1v) is 9.31. The van der Waals surface area contributed by atoms with Gasteiger partial charge >= 0.3 is 5.97 Å². The molecule has 0 amide bonds. The number of methoxy groups -OCH3 is 1. The van der Waals surface area contributed by atoms with Gasteiger partial charge in [0.25, 0.3) is 0 Å². The van der Waals surface area contributed by atoms with E-state index in [-0.39, 0.29) is 11.4 Å². The molecule has 0 saturated heterocycles. The number of cyclic esters (lactones) is 1. The summed E-state index contributed by atoms with van der Waals surface area (Å²) >= 11 is 0. The molecule has 5 aliphatic rings. The summed E-state index contributed by atoms with van der Waals surface area (Å²) in [5, 5.41) is 0. The van der Waals surface area contributed by atoms with Crippen molar-refractivity contribution in [2.45, 2.75) is 38.5 Å². The Morgan fingerprint density at radius 1 is 1.12 bits per heavy atom. The van der Waals surface area contributed by atoms with Crippen molar-refractivity contribution in [2.75, 3.05) is 7.11 Å². The molecular formula is C21H23NO3. The van der Waals surface area contributed by atoms with Crippen LogP contribution in [0.5, 0.6) is 5.75 Å². The van der Waals surface area contributed by atoms with E-state index in [0.717, 1.165) is 48.3 Å². The van der Waals surface area contributed by atoms with Crippen LogP contribution in [0, 0.1) is 23.2 Å². The van der Waals surface area contributed by atoms with Crippen molar-refractivity contribution in [2.24, 2.45) is 28.2 Å². The number of aliphatic imine (C=N–C) groups is 1. The second kappa shape index (κ2) is 5.45. The molecule has 4 fully saturated rings. The first kappa shape index (κ1) is 15.2. The Hall–Kier alpha value is -2.10. The smallest absolute Gasteiger partial charge is 0.363 e. The third-order valence-electron chi connectivity index (χ3n) is 6.54. The van der Waals surface area contributed by atoms with E-state index in [0.29, 0.717) is 11.6 Å². The quantitative estimate of drug-likeness (QED) is 0.613. The van der Waals surface area contributed by atoms with Crippen molar-refractivity contribution < 1.29 is 14.3 Å². The Labute approximate surface area is 147 Å². The topological polar surface area (TPSA) is 47.9 Å². The second-order valence-corrected chi connectivity index (χ2v) is 8.28. The van der Waals surface area contributed by atoms with E-state index >= 15 is 0 Å². The van der Waals surface area contributed by atoms with E-state index in [4.69, 9.17) is 9.47 Å². The number of hydrogen-bond donors (Lipinski definition) is 0. The zero-order valence-electron chi connectivity index (χ0n) is 14.5. The molecule has 1 aliphatic heterocycles. The van der Waals surface area contributed by atoms with Crippen molar-refractivity contribution in [3.63, 3.8) is 0 Å². The highest BCUT2D eigenvalue weighted by Gasteiger charge is 2.55. The Morgan fingerprint density at radius 2 is 1.76 bits per heavy atom. The van der Waals surface area contributed by atoms with Gasteiger partial charge in [0.05, 0.1) is 7.11 Å². The van der Waals surface area contributed by atoms with Crippen LogP contribution in [0.25, 0.3) is 6.08 Å². The molecule has 0 unspecified atom stereocenters. The van der Waals surface area contributed by atoms with Crippen LogP contribution in [0.3, 0.4) is 0 Å². The normalized spacial score (nSPS) is 37.3. The average Bonchev–Trinajstić information content (AvgIpc) is 2.96. The number of para-hydroxylation sites is 1. The van der Waals surface area contributed by atoms with Crippen molar-refractivity contribution in [1.82, 2.24) is 0 Å². The van der Waals surface area contributed by atoms with Crippen LogP contribution in [0.4, 0.5) is 0 Å². The second-order valence-electron chi connectivity index (χ2n) is 8.28. The summed E-state index contributed by atoms with van der Waals surface area (Å²) in [5.41, 5.74) is 1.27. The summed E-state index contributed by atoms with van der Waals surface area (Å²) in [7, 11) is 1.63. The molecule has 0 radical (unpaired) electrons. The number of rotatable bonds is 3. The minimum atomic E-state index is -0.323. The summed E-state index contributed by atoms with van der Waals surface area (Å²) in [6.07, 6.45) is 9.32. The fourth-order valence-corrected chi connectivity index (χ4v) is 5.94. The van der Waals surface area contributed by atoms with Gasteiger partial charge in [-0.3, -0.25) is 0 Å². The highest BCUT2D eigenvalue weighted by atomic mass is 16.6. The van der Waals surface area contributed by atoms with Crippen molar-refractivity contribution in [1.29, 1.82) is 0 Å². The van der Waals surface area contributed by atoms with Gasteiger partial charge in [0.15, 0.2) is 5.70 Å². The maximum atomic E-state index is 12.4. The Morgan fingerprint density at radius 3 is 2.40 bits per heavy atom. The number of esters is 1. The molecule has 0 aromatic heterocycles. The van der Waals surface area contributed by atoms with Gasteiger partial charge in [0.1, 0.15) is 5.75 Å². The Kier molecular flexibility index (Phi) is 3.31. The summed E-state index contributed by atoms with van der Waals surface area (Å²) < 4.78 is 11.1. The monoisotopic (exact) mass is 337 g/mol. The fourth-order valence-electron chi connectivity index (χ4n) is 5.94. The molecule has 6 rings (SSSR count). The predicted octanol–water partition coefficient (Wildman–Crippen LogP) is 4.21. The number of benzene rings is 1. The third-order valence-corrected chi connectivity index (χ3v) is 6.54. The van der Waals surface area contributed by atoms with E-state index in [9.17, 15) is 4.79 Å². The SMILES string of the molecule is COc1ccccc1/C=C1/N=C(C23CC4CC(CC(C4)C2)C3)OC1=O. The maximum absolute atomic E-state index is 12.4. The predicted molar refractivity (Wildman–Crippen MR) is 95.1 cm³/mol. The van der Waals surface area contributed by atoms with Gasteiger partial charge in [-0.05, 0) is 68.4 Å². The van der Waals surface area contributed by atoms with Crippen LogP contribution in [0.2, 0.25) is 0 Å². The van der Waals surface area contributed by atoms with E-state index in [1.807, 2.05) is 24.3 Å². The van der Waals surface area contributed by atoms with Gasteiger partial charge < -0.3 is 9.47 Å². The Bertz CT molecular complexity index is 757. The lowest BCUT2D eigenvalue weighted by Crippen LogP contribution is -2.50. The molecule has 4 heteroatoms. The summed E-state index contributed by atoms with van der Waals surface area (Å²) in [4.78, 5) is 17.1. The van der Waals surface area contributed by atoms with Crippen LogP contribution in [-0.4, -0.2) is 19.0 Å². The number of carbonyl (C=O) groups is 1. The number of hydrogen-bond acceptors (Lipinski definition) is 4. The first-order valence-electron chi connectivity index (χ1n) is 9.31. The van der Waals surface area contributed by atoms with Gasteiger partial charge in [-0.25, -0.2) is 9.79 Å². The first-order chi connectivity index (χ1) is 12.1. The molecule has 0 atom stereocenters. The number of nitrogens with zero attached hydrogens (tertiary/aromatic N) is 1. The van der Waals surface area contributed by atoms with E-state index in [2.05, 4.69) is 4.99 Å². The van der Waals surface area contributed by atoms with Crippen LogP contribution in [0.15, 0.2) is 35.0 Å². The van der Waals surface area contributed by atoms with Crippen LogP contribution in [0.1, 0.15) is 44.1 Å². The van der Waals surface area contributed by atoms with Crippen LogP contribution < -0.4 is 4.74 Å². The highest BCUT2D eigenvalue weighted by Crippen LogP contribution is 2.61. The molecule has 4 saturated carbocycles. The maximum Gasteiger partial charge on any atom is 0.363 e. The van der Waals surface area contributed by atoms with E-state index in [1.165, 1.54) is 19.3 Å². The zero-order valence-corrected chi connectivity index (χ0v) is 14.5. The zero-order chi connectivity index (χ0) is 17.0.